The van der Waals surface area contributed by atoms with E-state index in [0.29, 0.717) is 12.5 Å². The SMILES string of the molecule is CN=C(NCC(=O)NCc1ccco1)NCC1(C)CCCS1.I. The lowest BCUT2D eigenvalue weighted by Crippen LogP contribution is -2.46. The van der Waals surface area contributed by atoms with Gasteiger partial charge in [-0.2, -0.15) is 11.8 Å². The summed E-state index contributed by atoms with van der Waals surface area (Å²) in [5, 5.41) is 9.11. The predicted octanol–water partition coefficient (Wildman–Crippen LogP) is 1.96. The topological polar surface area (TPSA) is 78.7 Å². The molecule has 8 heteroatoms. The average Bonchev–Trinajstić information content (AvgIpc) is 3.17. The second-order valence-electron chi connectivity index (χ2n) is 5.54. The molecule has 130 valence electrons. The average molecular weight is 452 g/mol. The van der Waals surface area contributed by atoms with E-state index >= 15 is 0 Å². The lowest BCUT2D eigenvalue weighted by atomic mass is 10.1. The van der Waals surface area contributed by atoms with Gasteiger partial charge in [0.2, 0.25) is 5.91 Å². The highest BCUT2D eigenvalue weighted by molar-refractivity contribution is 14.0. The molecule has 3 N–H and O–H groups in total. The van der Waals surface area contributed by atoms with Gasteiger partial charge in [0.25, 0.3) is 0 Å². The summed E-state index contributed by atoms with van der Waals surface area (Å²) in [6.45, 7) is 3.70. The fraction of sp³-hybridized carbons (Fsp3) is 0.600. The van der Waals surface area contributed by atoms with Crippen LogP contribution in [-0.2, 0) is 11.3 Å². The maximum absolute atomic E-state index is 11.8. The third-order valence-corrected chi connectivity index (χ3v) is 5.15. The minimum absolute atomic E-state index is 0. The number of nitrogens with zero attached hydrogens (tertiary/aromatic N) is 1. The second kappa shape index (κ2) is 10.1. The van der Waals surface area contributed by atoms with Crippen LogP contribution in [0, 0.1) is 0 Å². The highest BCUT2D eigenvalue weighted by Gasteiger charge is 2.29. The van der Waals surface area contributed by atoms with Crippen LogP contribution < -0.4 is 16.0 Å². The zero-order valence-corrected chi connectivity index (χ0v) is 16.7. The normalized spacial score (nSPS) is 20.7. The zero-order chi connectivity index (χ0) is 15.8. The number of amides is 1. The fourth-order valence-electron chi connectivity index (χ4n) is 2.29. The lowest BCUT2D eigenvalue weighted by molar-refractivity contribution is -0.120. The summed E-state index contributed by atoms with van der Waals surface area (Å²) in [6.07, 6.45) is 4.07. The lowest BCUT2D eigenvalue weighted by Gasteiger charge is -2.24. The van der Waals surface area contributed by atoms with Crippen molar-refractivity contribution < 1.29 is 9.21 Å². The Kier molecular flexibility index (Phi) is 8.82. The van der Waals surface area contributed by atoms with Crippen LogP contribution in [0.3, 0.4) is 0 Å². The molecular weight excluding hydrogens is 427 g/mol. The van der Waals surface area contributed by atoms with Crippen molar-refractivity contribution in [2.45, 2.75) is 31.1 Å². The molecule has 23 heavy (non-hydrogen) atoms. The van der Waals surface area contributed by atoms with Crippen LogP contribution in [0.5, 0.6) is 0 Å². The third kappa shape index (κ3) is 7.03. The molecule has 1 aliphatic rings. The van der Waals surface area contributed by atoms with Crippen LogP contribution in [-0.4, -0.2) is 42.5 Å². The first kappa shape index (κ1) is 20.1. The number of carbonyl (C=O) groups excluding carboxylic acids is 1. The van der Waals surface area contributed by atoms with Crippen molar-refractivity contribution in [3.05, 3.63) is 24.2 Å². The van der Waals surface area contributed by atoms with Gasteiger partial charge in [-0.1, -0.05) is 0 Å². The van der Waals surface area contributed by atoms with E-state index < -0.39 is 0 Å². The summed E-state index contributed by atoms with van der Waals surface area (Å²) in [5.74, 6) is 2.52. The van der Waals surface area contributed by atoms with E-state index in [1.165, 1.54) is 18.6 Å². The van der Waals surface area contributed by atoms with E-state index in [-0.39, 0.29) is 41.2 Å². The molecule has 0 spiro atoms. The molecule has 1 aromatic heterocycles. The largest absolute Gasteiger partial charge is 0.467 e. The second-order valence-corrected chi connectivity index (χ2v) is 7.22. The summed E-state index contributed by atoms with van der Waals surface area (Å²) in [7, 11) is 1.71. The molecule has 0 aliphatic carbocycles. The monoisotopic (exact) mass is 452 g/mol. The summed E-state index contributed by atoms with van der Waals surface area (Å²) < 4.78 is 5.43. The Balaban J connectivity index is 0.00000264. The molecule has 1 aromatic rings. The Morgan fingerprint density at radius 2 is 2.26 bits per heavy atom. The van der Waals surface area contributed by atoms with Gasteiger partial charge >= 0.3 is 0 Å². The standard InChI is InChI=1S/C15H24N4O2S.HI/c1-15(6-4-8-22-15)11-19-14(16-2)18-10-13(20)17-9-12-5-3-7-21-12;/h3,5,7H,4,6,8-11H2,1-2H3,(H,17,20)(H2,16,18,19);1H. The molecule has 0 bridgehead atoms. The van der Waals surface area contributed by atoms with E-state index in [2.05, 4.69) is 27.9 Å². The Labute approximate surface area is 158 Å². The third-order valence-electron chi connectivity index (χ3n) is 3.61. The van der Waals surface area contributed by atoms with Crippen LogP contribution in [0.25, 0.3) is 0 Å². The van der Waals surface area contributed by atoms with Crippen molar-refractivity contribution in [3.63, 3.8) is 0 Å². The molecule has 1 atom stereocenters. The van der Waals surface area contributed by atoms with Crippen molar-refractivity contribution in [1.82, 2.24) is 16.0 Å². The molecule has 0 saturated carbocycles. The number of rotatable bonds is 6. The molecule has 0 aromatic carbocycles. The van der Waals surface area contributed by atoms with Crippen LogP contribution in [0.15, 0.2) is 27.8 Å². The molecule has 1 amide bonds. The Hall–Kier alpha value is -0.900. The number of aliphatic imine (C=N–C) groups is 1. The summed E-state index contributed by atoms with van der Waals surface area (Å²) >= 11 is 1.99. The van der Waals surface area contributed by atoms with Gasteiger partial charge in [-0.25, -0.2) is 0 Å². The first-order valence-electron chi connectivity index (χ1n) is 7.49. The first-order chi connectivity index (χ1) is 10.6. The van der Waals surface area contributed by atoms with Crippen molar-refractivity contribution in [1.29, 1.82) is 0 Å². The van der Waals surface area contributed by atoms with Crippen molar-refractivity contribution in [2.24, 2.45) is 4.99 Å². The van der Waals surface area contributed by atoms with Gasteiger partial charge in [-0.15, -0.1) is 24.0 Å². The van der Waals surface area contributed by atoms with Crippen LogP contribution in [0.4, 0.5) is 0 Å². The van der Waals surface area contributed by atoms with Gasteiger partial charge in [-0.3, -0.25) is 9.79 Å². The summed E-state index contributed by atoms with van der Waals surface area (Å²) in [5.41, 5.74) is 0. The van der Waals surface area contributed by atoms with Crippen LogP contribution >= 0.6 is 35.7 Å². The number of guanidine groups is 1. The number of furan rings is 1. The number of hydrogen-bond donors (Lipinski definition) is 3. The molecule has 6 nitrogen and oxygen atoms in total. The van der Waals surface area contributed by atoms with Gasteiger partial charge < -0.3 is 20.4 Å². The number of nitrogens with one attached hydrogen (secondary N) is 3. The zero-order valence-electron chi connectivity index (χ0n) is 13.6. The Bertz CT molecular complexity index is 502. The van der Waals surface area contributed by atoms with Gasteiger partial charge in [0.15, 0.2) is 5.96 Å². The maximum atomic E-state index is 11.8. The molecule has 1 aliphatic heterocycles. The summed E-state index contributed by atoms with van der Waals surface area (Å²) in [4.78, 5) is 15.9. The van der Waals surface area contributed by atoms with Crippen LogP contribution in [0.1, 0.15) is 25.5 Å². The molecule has 1 fully saturated rings. The molecule has 2 rings (SSSR count). The molecule has 0 radical (unpaired) electrons. The number of hydrogen-bond acceptors (Lipinski definition) is 4. The van der Waals surface area contributed by atoms with Gasteiger partial charge in [0.1, 0.15) is 5.76 Å². The molecular formula is C15H25IN4O2S. The predicted molar refractivity (Wildman–Crippen MR) is 105 cm³/mol. The van der Waals surface area contributed by atoms with E-state index in [1.807, 2.05) is 17.8 Å². The molecule has 1 unspecified atom stereocenters. The molecule has 1 saturated heterocycles. The van der Waals surface area contributed by atoms with E-state index in [4.69, 9.17) is 4.42 Å². The Morgan fingerprint density at radius 3 is 2.87 bits per heavy atom. The van der Waals surface area contributed by atoms with Crippen molar-refractivity contribution in [3.8, 4) is 0 Å². The van der Waals surface area contributed by atoms with Crippen molar-refractivity contribution >= 4 is 47.6 Å². The smallest absolute Gasteiger partial charge is 0.239 e. The van der Waals surface area contributed by atoms with Crippen LogP contribution in [0.2, 0.25) is 0 Å². The highest BCUT2D eigenvalue weighted by atomic mass is 127. The molecule has 2 heterocycles. The van der Waals surface area contributed by atoms with E-state index in [0.717, 1.165) is 12.3 Å². The van der Waals surface area contributed by atoms with Gasteiger partial charge in [-0.05, 0) is 37.7 Å². The quantitative estimate of drug-likeness (QED) is 0.350. The van der Waals surface area contributed by atoms with E-state index in [9.17, 15) is 4.79 Å². The van der Waals surface area contributed by atoms with Crippen molar-refractivity contribution in [2.75, 3.05) is 25.9 Å². The highest BCUT2D eigenvalue weighted by Crippen LogP contribution is 2.36. The van der Waals surface area contributed by atoms with E-state index in [1.54, 1.807) is 19.4 Å². The fourth-order valence-corrected chi connectivity index (χ4v) is 3.54. The Morgan fingerprint density at radius 1 is 1.43 bits per heavy atom. The maximum Gasteiger partial charge on any atom is 0.239 e. The minimum atomic E-state index is -0.0965. The number of carbonyl (C=O) groups is 1. The number of halogens is 1. The summed E-state index contributed by atoms with van der Waals surface area (Å²) in [6, 6.07) is 3.63. The first-order valence-corrected chi connectivity index (χ1v) is 8.47. The van der Waals surface area contributed by atoms with Gasteiger partial charge in [0.05, 0.1) is 19.4 Å². The minimum Gasteiger partial charge on any atom is -0.467 e. The van der Waals surface area contributed by atoms with Gasteiger partial charge in [0, 0.05) is 18.3 Å². The number of thioether (sulfide) groups is 1.